The number of hydrogen-bond acceptors (Lipinski definition) is 2. The van der Waals surface area contributed by atoms with E-state index in [-0.39, 0.29) is 0 Å². The Balaban J connectivity index is 2.40. The summed E-state index contributed by atoms with van der Waals surface area (Å²) >= 11 is 0. The summed E-state index contributed by atoms with van der Waals surface area (Å²) in [5, 5.41) is 0. The smallest absolute Gasteiger partial charge is 0.0601 e. The van der Waals surface area contributed by atoms with Crippen molar-refractivity contribution in [1.82, 2.24) is 4.90 Å². The van der Waals surface area contributed by atoms with E-state index in [1.165, 1.54) is 22.3 Å². The molecular formula is C19H26N2. The van der Waals surface area contributed by atoms with Crippen molar-refractivity contribution in [3.8, 4) is 0 Å². The maximum atomic E-state index is 5.68. The van der Waals surface area contributed by atoms with Crippen LogP contribution >= 0.6 is 0 Å². The molecule has 0 saturated carbocycles. The second-order valence-electron chi connectivity index (χ2n) is 5.80. The van der Waals surface area contributed by atoms with Crippen LogP contribution in [-0.4, -0.2) is 25.0 Å². The predicted molar refractivity (Wildman–Crippen MR) is 90.5 cm³/mol. The van der Waals surface area contributed by atoms with Gasteiger partial charge in [-0.05, 0) is 57.1 Å². The topological polar surface area (TPSA) is 29.3 Å². The van der Waals surface area contributed by atoms with Crippen molar-refractivity contribution < 1.29 is 0 Å². The molecule has 0 fully saturated rings. The molecule has 0 bridgehead atoms. The van der Waals surface area contributed by atoms with Crippen LogP contribution in [-0.2, 0) is 0 Å². The average molecular weight is 282 g/mol. The molecule has 0 aliphatic rings. The molecule has 0 aromatic heterocycles. The third-order valence-corrected chi connectivity index (χ3v) is 3.99. The molecule has 0 spiro atoms. The summed E-state index contributed by atoms with van der Waals surface area (Å²) in [7, 11) is 2.19. The van der Waals surface area contributed by atoms with Gasteiger partial charge in [-0.3, -0.25) is 4.90 Å². The number of aryl methyl sites for hydroxylation is 2. The summed E-state index contributed by atoms with van der Waals surface area (Å²) in [5.74, 6) is 0. The summed E-state index contributed by atoms with van der Waals surface area (Å²) in [6.45, 7) is 6.09. The van der Waals surface area contributed by atoms with Crippen molar-refractivity contribution in [1.29, 1.82) is 0 Å². The van der Waals surface area contributed by atoms with Crippen molar-refractivity contribution in [3.63, 3.8) is 0 Å². The second kappa shape index (κ2) is 7.39. The van der Waals surface area contributed by atoms with Gasteiger partial charge in [-0.25, -0.2) is 0 Å². The van der Waals surface area contributed by atoms with Gasteiger partial charge in [0.05, 0.1) is 6.04 Å². The summed E-state index contributed by atoms with van der Waals surface area (Å²) in [4.78, 5) is 2.40. The second-order valence-corrected chi connectivity index (χ2v) is 5.80. The molecule has 2 rings (SSSR count). The summed E-state index contributed by atoms with van der Waals surface area (Å²) in [5.41, 5.74) is 11.1. The highest BCUT2D eigenvalue weighted by Gasteiger charge is 2.20. The van der Waals surface area contributed by atoms with Crippen LogP contribution in [0.15, 0.2) is 48.5 Å². The van der Waals surface area contributed by atoms with Crippen LogP contribution in [0.3, 0.4) is 0 Å². The Hall–Kier alpha value is -1.64. The Morgan fingerprint density at radius 3 is 2.38 bits per heavy atom. The molecule has 112 valence electrons. The van der Waals surface area contributed by atoms with Crippen molar-refractivity contribution in [2.45, 2.75) is 26.3 Å². The van der Waals surface area contributed by atoms with Crippen LogP contribution in [0.25, 0.3) is 0 Å². The van der Waals surface area contributed by atoms with E-state index in [1.54, 1.807) is 0 Å². The molecule has 0 heterocycles. The van der Waals surface area contributed by atoms with Gasteiger partial charge >= 0.3 is 0 Å². The molecule has 21 heavy (non-hydrogen) atoms. The SMILES string of the molecule is Cc1ccc(C(c2ccccc2)N(C)CCCN)c(C)c1. The lowest BCUT2D eigenvalue weighted by molar-refractivity contribution is 0.276. The lowest BCUT2D eigenvalue weighted by Gasteiger charge is -2.30. The minimum Gasteiger partial charge on any atom is -0.330 e. The fourth-order valence-corrected chi connectivity index (χ4v) is 2.91. The molecule has 0 saturated heterocycles. The van der Waals surface area contributed by atoms with Gasteiger partial charge < -0.3 is 5.73 Å². The third-order valence-electron chi connectivity index (χ3n) is 3.99. The first-order chi connectivity index (χ1) is 10.1. The van der Waals surface area contributed by atoms with Crippen LogP contribution in [0.4, 0.5) is 0 Å². The Kier molecular flexibility index (Phi) is 5.54. The van der Waals surface area contributed by atoms with E-state index >= 15 is 0 Å². The summed E-state index contributed by atoms with van der Waals surface area (Å²) in [6, 6.07) is 17.7. The first kappa shape index (κ1) is 15.7. The van der Waals surface area contributed by atoms with Gasteiger partial charge in [0, 0.05) is 0 Å². The van der Waals surface area contributed by atoms with Crippen LogP contribution in [0, 0.1) is 13.8 Å². The lowest BCUT2D eigenvalue weighted by Crippen LogP contribution is -2.28. The standard InChI is InChI=1S/C19H26N2/c1-15-10-11-18(16(2)14-15)19(21(3)13-7-12-20)17-8-5-4-6-9-17/h4-6,8-11,14,19H,7,12-13,20H2,1-3H3. The third kappa shape index (κ3) is 3.93. The number of hydrogen-bond donors (Lipinski definition) is 1. The molecule has 2 nitrogen and oxygen atoms in total. The maximum Gasteiger partial charge on any atom is 0.0601 e. The van der Waals surface area contributed by atoms with Gasteiger partial charge in [-0.1, -0.05) is 54.1 Å². The first-order valence-corrected chi connectivity index (χ1v) is 7.66. The van der Waals surface area contributed by atoms with Crippen molar-refractivity contribution >= 4 is 0 Å². The van der Waals surface area contributed by atoms with E-state index < -0.39 is 0 Å². The molecule has 1 unspecified atom stereocenters. The minimum atomic E-state index is 0.290. The van der Waals surface area contributed by atoms with Gasteiger partial charge in [0.1, 0.15) is 0 Å². The number of benzene rings is 2. The molecule has 0 amide bonds. The summed E-state index contributed by atoms with van der Waals surface area (Å²) in [6.07, 6.45) is 1.02. The van der Waals surface area contributed by atoms with E-state index in [2.05, 4.69) is 74.3 Å². The Morgan fingerprint density at radius 2 is 1.76 bits per heavy atom. The highest BCUT2D eigenvalue weighted by Crippen LogP contribution is 2.30. The quantitative estimate of drug-likeness (QED) is 0.876. The Labute approximate surface area is 128 Å². The van der Waals surface area contributed by atoms with Crippen LogP contribution in [0.1, 0.15) is 34.7 Å². The number of nitrogens with two attached hydrogens (primary N) is 1. The fourth-order valence-electron chi connectivity index (χ4n) is 2.91. The zero-order valence-corrected chi connectivity index (χ0v) is 13.3. The average Bonchev–Trinajstić information content (AvgIpc) is 2.49. The van der Waals surface area contributed by atoms with Gasteiger partial charge in [0.25, 0.3) is 0 Å². The van der Waals surface area contributed by atoms with Gasteiger partial charge in [0.15, 0.2) is 0 Å². The van der Waals surface area contributed by atoms with Gasteiger partial charge in [-0.15, -0.1) is 0 Å². The van der Waals surface area contributed by atoms with E-state index in [4.69, 9.17) is 5.73 Å². The molecule has 0 radical (unpaired) electrons. The van der Waals surface area contributed by atoms with Crippen molar-refractivity contribution in [2.75, 3.05) is 20.1 Å². The molecule has 2 N–H and O–H groups in total. The zero-order valence-electron chi connectivity index (χ0n) is 13.3. The highest BCUT2D eigenvalue weighted by atomic mass is 15.1. The summed E-state index contributed by atoms with van der Waals surface area (Å²) < 4.78 is 0. The van der Waals surface area contributed by atoms with Crippen molar-refractivity contribution in [2.24, 2.45) is 5.73 Å². The number of rotatable bonds is 6. The highest BCUT2D eigenvalue weighted by molar-refractivity contribution is 5.38. The lowest BCUT2D eigenvalue weighted by atomic mass is 9.92. The molecule has 0 aliphatic heterocycles. The molecular weight excluding hydrogens is 256 g/mol. The van der Waals surface area contributed by atoms with Crippen molar-refractivity contribution in [3.05, 3.63) is 70.8 Å². The Morgan fingerprint density at radius 1 is 1.05 bits per heavy atom. The van der Waals surface area contributed by atoms with E-state index in [9.17, 15) is 0 Å². The van der Waals surface area contributed by atoms with E-state index in [1.807, 2.05) is 0 Å². The van der Waals surface area contributed by atoms with E-state index in [0.29, 0.717) is 6.04 Å². The normalized spacial score (nSPS) is 12.6. The van der Waals surface area contributed by atoms with Gasteiger partial charge in [0.2, 0.25) is 0 Å². The largest absolute Gasteiger partial charge is 0.330 e. The fraction of sp³-hybridized carbons (Fsp3) is 0.368. The predicted octanol–water partition coefficient (Wildman–Crippen LogP) is 3.67. The van der Waals surface area contributed by atoms with E-state index in [0.717, 1.165) is 19.5 Å². The molecule has 1 atom stereocenters. The van der Waals surface area contributed by atoms with Crippen LogP contribution in [0.5, 0.6) is 0 Å². The molecule has 2 aromatic carbocycles. The van der Waals surface area contributed by atoms with Crippen LogP contribution < -0.4 is 5.73 Å². The first-order valence-electron chi connectivity index (χ1n) is 7.66. The molecule has 2 heteroatoms. The zero-order chi connectivity index (χ0) is 15.2. The maximum absolute atomic E-state index is 5.68. The number of nitrogens with zero attached hydrogens (tertiary/aromatic N) is 1. The Bertz CT molecular complexity index is 563. The monoisotopic (exact) mass is 282 g/mol. The van der Waals surface area contributed by atoms with Crippen LogP contribution in [0.2, 0.25) is 0 Å². The minimum absolute atomic E-state index is 0.290. The molecule has 0 aliphatic carbocycles. The van der Waals surface area contributed by atoms with Gasteiger partial charge in [-0.2, -0.15) is 0 Å². The molecule has 2 aromatic rings.